The zero-order chi connectivity index (χ0) is 26.2. The third-order valence-electron chi connectivity index (χ3n) is 12.0. The molecule has 8 atom stereocenters. The van der Waals surface area contributed by atoms with Crippen LogP contribution in [-0.2, 0) is 14.3 Å². The number of esters is 1. The molecule has 0 bridgehead atoms. The highest BCUT2D eigenvalue weighted by Gasteiger charge is 2.59. The van der Waals surface area contributed by atoms with E-state index in [1.165, 1.54) is 57.8 Å². The molecule has 37 heavy (non-hydrogen) atoms. The van der Waals surface area contributed by atoms with Crippen molar-refractivity contribution in [1.29, 1.82) is 0 Å². The van der Waals surface area contributed by atoms with Crippen molar-refractivity contribution < 1.29 is 14.3 Å². The minimum absolute atomic E-state index is 0.0438. The maximum absolute atomic E-state index is 12.7. The van der Waals surface area contributed by atoms with Crippen LogP contribution in [0.2, 0.25) is 0 Å². The second-order valence-electron chi connectivity index (χ2n) is 14.5. The number of morpholine rings is 1. The number of carbonyl (C=O) groups excluding carboxylic acids is 1. The Morgan fingerprint density at radius 1 is 1.05 bits per heavy atom. The predicted octanol–water partition coefficient (Wildman–Crippen LogP) is 7.27. The summed E-state index contributed by atoms with van der Waals surface area (Å²) < 4.78 is 11.5. The molecular weight excluding hydrogens is 458 g/mol. The first-order valence-corrected chi connectivity index (χ1v) is 15.9. The van der Waals surface area contributed by atoms with Gasteiger partial charge < -0.3 is 9.47 Å². The van der Waals surface area contributed by atoms with Crippen LogP contribution in [0.25, 0.3) is 0 Å². The molecule has 5 aliphatic rings. The molecule has 1 aliphatic heterocycles. The van der Waals surface area contributed by atoms with E-state index in [1.54, 1.807) is 5.57 Å². The molecule has 0 aromatic carbocycles. The molecule has 4 nitrogen and oxygen atoms in total. The van der Waals surface area contributed by atoms with Crippen LogP contribution in [0.15, 0.2) is 11.6 Å². The minimum Gasteiger partial charge on any atom is -0.461 e. The van der Waals surface area contributed by atoms with Crippen molar-refractivity contribution in [1.82, 2.24) is 4.90 Å². The van der Waals surface area contributed by atoms with Gasteiger partial charge in [0.2, 0.25) is 0 Å². The van der Waals surface area contributed by atoms with Crippen molar-refractivity contribution in [3.63, 3.8) is 0 Å². The fraction of sp³-hybridized carbons (Fsp3) is 0.909. The van der Waals surface area contributed by atoms with Crippen LogP contribution in [-0.4, -0.2) is 49.8 Å². The first-order valence-electron chi connectivity index (χ1n) is 15.9. The molecule has 0 amide bonds. The van der Waals surface area contributed by atoms with Crippen molar-refractivity contribution in [2.24, 2.45) is 46.3 Å². The van der Waals surface area contributed by atoms with Crippen LogP contribution in [0.4, 0.5) is 0 Å². The molecule has 0 radical (unpaired) electrons. The van der Waals surface area contributed by atoms with Gasteiger partial charge in [0.15, 0.2) is 0 Å². The second kappa shape index (κ2) is 11.3. The van der Waals surface area contributed by atoms with E-state index < -0.39 is 0 Å². The van der Waals surface area contributed by atoms with E-state index in [0.717, 1.165) is 74.7 Å². The van der Waals surface area contributed by atoms with Crippen LogP contribution in [0.1, 0.15) is 105 Å². The van der Waals surface area contributed by atoms with Gasteiger partial charge in [-0.2, -0.15) is 0 Å². The largest absolute Gasteiger partial charge is 0.461 e. The first-order chi connectivity index (χ1) is 17.7. The zero-order valence-electron chi connectivity index (χ0n) is 24.6. The topological polar surface area (TPSA) is 38.8 Å². The van der Waals surface area contributed by atoms with E-state index in [9.17, 15) is 4.79 Å². The number of ether oxygens (including phenoxy) is 2. The third kappa shape index (κ3) is 5.58. The van der Waals surface area contributed by atoms with E-state index in [2.05, 4.69) is 45.6 Å². The maximum Gasteiger partial charge on any atom is 0.320 e. The molecule has 210 valence electrons. The van der Waals surface area contributed by atoms with Gasteiger partial charge in [-0.15, -0.1) is 0 Å². The van der Waals surface area contributed by atoms with Gasteiger partial charge in [0.1, 0.15) is 6.10 Å². The number of allylic oxidation sites excluding steroid dienone is 1. The van der Waals surface area contributed by atoms with Gasteiger partial charge in [-0.05, 0) is 91.3 Å². The second-order valence-corrected chi connectivity index (χ2v) is 14.5. The third-order valence-corrected chi connectivity index (χ3v) is 12.0. The molecule has 0 spiro atoms. The smallest absolute Gasteiger partial charge is 0.320 e. The van der Waals surface area contributed by atoms with E-state index in [0.29, 0.717) is 17.4 Å². The van der Waals surface area contributed by atoms with Gasteiger partial charge in [0.25, 0.3) is 0 Å². The minimum atomic E-state index is -0.0438. The molecule has 0 N–H and O–H groups in total. The van der Waals surface area contributed by atoms with Crippen molar-refractivity contribution in [3.8, 4) is 0 Å². The normalized spacial score (nSPS) is 40.9. The molecule has 3 saturated carbocycles. The fourth-order valence-electron chi connectivity index (χ4n) is 9.92. The van der Waals surface area contributed by atoms with Crippen LogP contribution in [0, 0.1) is 46.3 Å². The highest BCUT2D eigenvalue weighted by molar-refractivity contribution is 5.72. The van der Waals surface area contributed by atoms with Crippen molar-refractivity contribution in [3.05, 3.63) is 11.6 Å². The lowest BCUT2D eigenvalue weighted by atomic mass is 9.47. The lowest BCUT2D eigenvalue weighted by Gasteiger charge is -2.58. The molecular formula is C33H55NO3. The molecule has 4 aliphatic carbocycles. The monoisotopic (exact) mass is 513 g/mol. The standard InChI is InChI=1S/C33H55NO3/c1-23(2)7-6-8-24(3)28-11-12-29-27-10-9-25-21-26(37-31(35)22-34-17-19-36-20-18-34)13-15-32(25,4)30(27)14-16-33(28,29)5/h9,23-24,26-30H,6-8,10-22H2,1-5H3/t24-,26+,27+,28-,29+,30+,32+,33-/m1/s1. The average molecular weight is 514 g/mol. The number of nitrogens with zero attached hydrogens (tertiary/aromatic N) is 1. The van der Waals surface area contributed by atoms with E-state index in [-0.39, 0.29) is 12.1 Å². The lowest BCUT2D eigenvalue weighted by Crippen LogP contribution is -2.51. The molecule has 1 saturated heterocycles. The zero-order valence-corrected chi connectivity index (χ0v) is 24.6. The molecule has 1 heterocycles. The highest BCUT2D eigenvalue weighted by atomic mass is 16.5. The number of rotatable bonds is 8. The Bertz CT molecular complexity index is 831. The summed E-state index contributed by atoms with van der Waals surface area (Å²) in [5, 5.41) is 0. The summed E-state index contributed by atoms with van der Waals surface area (Å²) in [6.45, 7) is 16.1. The van der Waals surface area contributed by atoms with Crippen molar-refractivity contribution in [2.75, 3.05) is 32.8 Å². The molecule has 5 rings (SSSR count). The Kier molecular flexibility index (Phi) is 8.47. The Labute approximate surface area is 227 Å². The summed E-state index contributed by atoms with van der Waals surface area (Å²) in [4.78, 5) is 14.8. The van der Waals surface area contributed by atoms with Gasteiger partial charge in [0.05, 0.1) is 19.8 Å². The van der Waals surface area contributed by atoms with E-state index in [4.69, 9.17) is 9.47 Å². The SMILES string of the molecule is CC(C)CCC[C@@H](C)[C@H]1CC[C@H]2[C@@H]3CC=C4C[C@@H](OC(=O)CN5CCOCC5)CC[C@]4(C)[C@H]3CC[C@]12C. The molecule has 4 fully saturated rings. The molecule has 0 aromatic heterocycles. The summed E-state index contributed by atoms with van der Waals surface area (Å²) in [5.41, 5.74) is 2.48. The van der Waals surface area contributed by atoms with Crippen molar-refractivity contribution >= 4 is 5.97 Å². The van der Waals surface area contributed by atoms with Gasteiger partial charge in [-0.1, -0.05) is 65.5 Å². The van der Waals surface area contributed by atoms with Crippen molar-refractivity contribution in [2.45, 2.75) is 111 Å². The Balaban J connectivity index is 1.20. The Morgan fingerprint density at radius 3 is 2.59 bits per heavy atom. The van der Waals surface area contributed by atoms with Crippen LogP contribution >= 0.6 is 0 Å². The van der Waals surface area contributed by atoms with E-state index >= 15 is 0 Å². The summed E-state index contributed by atoms with van der Waals surface area (Å²) in [5.74, 6) is 5.18. The molecule has 4 heteroatoms. The lowest BCUT2D eigenvalue weighted by molar-refractivity contribution is -0.153. The average Bonchev–Trinajstić information content (AvgIpc) is 3.22. The Morgan fingerprint density at radius 2 is 1.84 bits per heavy atom. The van der Waals surface area contributed by atoms with E-state index in [1.807, 2.05) is 0 Å². The summed E-state index contributed by atoms with van der Waals surface area (Å²) in [6, 6.07) is 0. The summed E-state index contributed by atoms with van der Waals surface area (Å²) >= 11 is 0. The number of fused-ring (bicyclic) bond motifs is 5. The van der Waals surface area contributed by atoms with Gasteiger partial charge >= 0.3 is 5.97 Å². The molecule has 0 aromatic rings. The van der Waals surface area contributed by atoms with Gasteiger partial charge in [-0.3, -0.25) is 9.69 Å². The maximum atomic E-state index is 12.7. The first kappa shape index (κ1) is 27.7. The summed E-state index contributed by atoms with van der Waals surface area (Å²) in [7, 11) is 0. The van der Waals surface area contributed by atoms with Gasteiger partial charge in [-0.25, -0.2) is 0 Å². The number of hydrogen-bond donors (Lipinski definition) is 0. The Hall–Kier alpha value is -0.870. The summed E-state index contributed by atoms with van der Waals surface area (Å²) in [6.07, 6.45) is 17.1. The van der Waals surface area contributed by atoms with Crippen LogP contribution in [0.5, 0.6) is 0 Å². The molecule has 0 unspecified atom stereocenters. The number of carbonyl (C=O) groups is 1. The van der Waals surface area contributed by atoms with Crippen LogP contribution < -0.4 is 0 Å². The highest BCUT2D eigenvalue weighted by Crippen LogP contribution is 2.67. The fourth-order valence-corrected chi connectivity index (χ4v) is 9.92. The van der Waals surface area contributed by atoms with Crippen LogP contribution in [0.3, 0.4) is 0 Å². The quantitative estimate of drug-likeness (QED) is 0.253. The number of hydrogen-bond acceptors (Lipinski definition) is 4. The predicted molar refractivity (Wildman–Crippen MR) is 150 cm³/mol. The van der Waals surface area contributed by atoms with Gasteiger partial charge in [0, 0.05) is 19.5 Å².